The van der Waals surface area contributed by atoms with Gasteiger partial charge in [0.2, 0.25) is 0 Å². The van der Waals surface area contributed by atoms with Crippen LogP contribution in [0.15, 0.2) is 120 Å². The molecule has 1 heterocycles. The van der Waals surface area contributed by atoms with Crippen molar-refractivity contribution in [2.24, 2.45) is 0 Å². The lowest BCUT2D eigenvalue weighted by molar-refractivity contribution is 0.357. The maximum Gasteiger partial charge on any atom is 0.184 e. The molecule has 3 heteroatoms. The minimum Gasteiger partial charge on any atom is -0.449 e. The molecule has 0 fully saturated rings. The molecule has 0 bridgehead atoms. The van der Waals surface area contributed by atoms with Gasteiger partial charge >= 0.3 is 0 Å². The zero-order chi connectivity index (χ0) is 22.7. The zero-order valence-electron chi connectivity index (χ0n) is 18.2. The summed E-state index contributed by atoms with van der Waals surface area (Å²) < 4.78 is 13.6. The van der Waals surface area contributed by atoms with Gasteiger partial charge in [0.25, 0.3) is 0 Å². The fraction of sp³-hybridized carbons (Fsp3) is 0.0323. The summed E-state index contributed by atoms with van der Waals surface area (Å²) >= 11 is 3.60. The highest BCUT2D eigenvalue weighted by molar-refractivity contribution is 9.10. The highest BCUT2D eigenvalue weighted by Gasteiger charge is 2.47. The molecular weight excluding hydrogens is 484 g/mol. The Balaban J connectivity index is 1.56. The van der Waals surface area contributed by atoms with E-state index in [9.17, 15) is 0 Å². The van der Waals surface area contributed by atoms with Crippen LogP contribution in [0.25, 0.3) is 11.1 Å². The van der Waals surface area contributed by atoms with E-state index in [4.69, 9.17) is 9.47 Å². The van der Waals surface area contributed by atoms with Crippen molar-refractivity contribution < 1.29 is 9.47 Å². The molecule has 0 saturated heterocycles. The van der Waals surface area contributed by atoms with Crippen LogP contribution in [-0.2, 0) is 5.41 Å². The Hall–Kier alpha value is -3.82. The molecule has 2 aliphatic rings. The van der Waals surface area contributed by atoms with E-state index < -0.39 is 5.41 Å². The van der Waals surface area contributed by atoms with Gasteiger partial charge in [-0.15, -0.1) is 0 Å². The summed E-state index contributed by atoms with van der Waals surface area (Å²) in [6, 6.07) is 40.4. The van der Waals surface area contributed by atoms with Gasteiger partial charge in [-0.1, -0.05) is 91.0 Å². The van der Waals surface area contributed by atoms with Crippen molar-refractivity contribution in [3.05, 3.63) is 142 Å². The van der Waals surface area contributed by atoms with Crippen LogP contribution in [0.2, 0.25) is 0 Å². The number of benzene rings is 5. The SMILES string of the molecule is Brc1cccc2c1Oc1cc3c(cc1O2)C(c1ccccc1)(c1ccccc1)c1ccccc1-3. The molecular formula is C31H19BrO2. The Labute approximate surface area is 206 Å². The third kappa shape index (κ3) is 2.62. The van der Waals surface area contributed by atoms with Gasteiger partial charge in [-0.2, -0.15) is 0 Å². The van der Waals surface area contributed by atoms with E-state index in [1.807, 2.05) is 18.2 Å². The Morgan fingerprint density at radius 3 is 1.88 bits per heavy atom. The molecule has 1 aliphatic carbocycles. The number of hydrogen-bond donors (Lipinski definition) is 0. The Morgan fingerprint density at radius 2 is 1.15 bits per heavy atom. The number of ether oxygens (including phenoxy) is 2. The first-order valence-electron chi connectivity index (χ1n) is 11.3. The standard InChI is InChI=1S/C31H19BrO2/c32-26-16-9-17-27-30(26)34-28-18-23-22-14-7-8-15-24(22)31(20-10-3-1-4-11-20,21-12-5-2-6-13-21)25(23)19-29(28)33-27/h1-19H. The lowest BCUT2D eigenvalue weighted by atomic mass is 9.67. The fourth-order valence-corrected chi connectivity index (χ4v) is 5.93. The van der Waals surface area contributed by atoms with Crippen molar-refractivity contribution in [3.8, 4) is 34.1 Å². The quantitative estimate of drug-likeness (QED) is 0.235. The molecule has 0 unspecified atom stereocenters. The van der Waals surface area contributed by atoms with Crippen molar-refractivity contribution in [3.63, 3.8) is 0 Å². The topological polar surface area (TPSA) is 18.5 Å². The van der Waals surface area contributed by atoms with E-state index in [0.29, 0.717) is 11.5 Å². The molecule has 0 spiro atoms. The third-order valence-corrected chi connectivity index (χ3v) is 7.51. The minimum atomic E-state index is -0.454. The molecule has 5 aromatic carbocycles. The molecule has 7 rings (SSSR count). The smallest absolute Gasteiger partial charge is 0.184 e. The van der Waals surface area contributed by atoms with Crippen LogP contribution in [-0.4, -0.2) is 0 Å². The van der Waals surface area contributed by atoms with Gasteiger partial charge in [0.05, 0.1) is 9.89 Å². The number of halogens is 1. The molecule has 0 aromatic heterocycles. The second-order valence-corrected chi connectivity index (χ2v) is 9.50. The predicted octanol–water partition coefficient (Wildman–Crippen LogP) is 8.71. The van der Waals surface area contributed by atoms with Gasteiger partial charge in [0.15, 0.2) is 23.0 Å². The summed E-state index contributed by atoms with van der Waals surface area (Å²) in [5, 5.41) is 0. The van der Waals surface area contributed by atoms with Crippen molar-refractivity contribution in [1.82, 2.24) is 0 Å². The molecule has 5 aromatic rings. The highest BCUT2D eigenvalue weighted by atomic mass is 79.9. The van der Waals surface area contributed by atoms with Crippen LogP contribution in [0.5, 0.6) is 23.0 Å². The number of rotatable bonds is 2. The number of hydrogen-bond acceptors (Lipinski definition) is 2. The average molecular weight is 503 g/mol. The van der Waals surface area contributed by atoms with Crippen molar-refractivity contribution in [2.45, 2.75) is 5.41 Å². The molecule has 2 nitrogen and oxygen atoms in total. The van der Waals surface area contributed by atoms with Crippen LogP contribution >= 0.6 is 15.9 Å². The van der Waals surface area contributed by atoms with Gasteiger partial charge in [0.1, 0.15) is 0 Å². The van der Waals surface area contributed by atoms with E-state index in [-0.39, 0.29) is 0 Å². The maximum atomic E-state index is 6.39. The van der Waals surface area contributed by atoms with Crippen molar-refractivity contribution >= 4 is 15.9 Å². The highest BCUT2D eigenvalue weighted by Crippen LogP contribution is 2.60. The summed E-state index contributed by atoms with van der Waals surface area (Å²) in [7, 11) is 0. The largest absolute Gasteiger partial charge is 0.449 e. The summed E-state index contributed by atoms with van der Waals surface area (Å²) in [6.45, 7) is 0. The lowest BCUT2D eigenvalue weighted by Crippen LogP contribution is -2.28. The molecule has 0 radical (unpaired) electrons. The Morgan fingerprint density at radius 1 is 0.500 bits per heavy atom. The number of fused-ring (bicyclic) bond motifs is 5. The molecule has 0 amide bonds. The molecule has 34 heavy (non-hydrogen) atoms. The minimum absolute atomic E-state index is 0.454. The summed E-state index contributed by atoms with van der Waals surface area (Å²) in [5.74, 6) is 2.87. The first kappa shape index (κ1) is 19.6. The molecule has 0 N–H and O–H groups in total. The van der Waals surface area contributed by atoms with Gasteiger partial charge < -0.3 is 9.47 Å². The van der Waals surface area contributed by atoms with Crippen LogP contribution < -0.4 is 9.47 Å². The van der Waals surface area contributed by atoms with Gasteiger partial charge in [-0.3, -0.25) is 0 Å². The third-order valence-electron chi connectivity index (χ3n) is 6.89. The van der Waals surface area contributed by atoms with E-state index in [0.717, 1.165) is 16.0 Å². The second-order valence-electron chi connectivity index (χ2n) is 8.64. The Bertz CT molecular complexity index is 1520. The second kappa shape index (κ2) is 7.34. The van der Waals surface area contributed by atoms with Gasteiger partial charge in [-0.25, -0.2) is 0 Å². The van der Waals surface area contributed by atoms with Crippen LogP contribution in [0, 0.1) is 0 Å². The van der Waals surface area contributed by atoms with E-state index >= 15 is 0 Å². The molecule has 162 valence electrons. The van der Waals surface area contributed by atoms with E-state index in [1.165, 1.54) is 33.4 Å². The van der Waals surface area contributed by atoms with E-state index in [1.54, 1.807) is 0 Å². The van der Waals surface area contributed by atoms with Gasteiger partial charge in [-0.05, 0) is 73.6 Å². The van der Waals surface area contributed by atoms with Crippen LogP contribution in [0.3, 0.4) is 0 Å². The number of para-hydroxylation sites is 1. The fourth-order valence-electron chi connectivity index (χ4n) is 5.50. The first-order valence-corrected chi connectivity index (χ1v) is 12.1. The monoisotopic (exact) mass is 502 g/mol. The summed E-state index contributed by atoms with van der Waals surface area (Å²) in [5.41, 5.74) is 6.86. The predicted molar refractivity (Wildman–Crippen MR) is 138 cm³/mol. The van der Waals surface area contributed by atoms with Gasteiger partial charge in [0, 0.05) is 0 Å². The zero-order valence-corrected chi connectivity index (χ0v) is 19.8. The summed E-state index contributed by atoms with van der Waals surface area (Å²) in [6.07, 6.45) is 0. The molecule has 0 atom stereocenters. The lowest BCUT2D eigenvalue weighted by Gasteiger charge is -2.34. The van der Waals surface area contributed by atoms with Crippen molar-refractivity contribution in [2.75, 3.05) is 0 Å². The van der Waals surface area contributed by atoms with E-state index in [2.05, 4.69) is 113 Å². The normalized spacial score (nSPS) is 14.1. The van der Waals surface area contributed by atoms with Crippen molar-refractivity contribution in [1.29, 1.82) is 0 Å². The summed E-state index contributed by atoms with van der Waals surface area (Å²) in [4.78, 5) is 0. The Kier molecular flexibility index (Phi) is 4.24. The average Bonchev–Trinajstić information content (AvgIpc) is 3.18. The van der Waals surface area contributed by atoms with Crippen LogP contribution in [0.1, 0.15) is 22.3 Å². The molecule has 0 saturated carbocycles. The molecule has 1 aliphatic heterocycles. The first-order chi connectivity index (χ1) is 16.8. The van der Waals surface area contributed by atoms with Crippen LogP contribution in [0.4, 0.5) is 0 Å². The maximum absolute atomic E-state index is 6.39.